The molecule has 23 heavy (non-hydrogen) atoms. The van der Waals surface area contributed by atoms with E-state index >= 15 is 0 Å². The van der Waals surface area contributed by atoms with Crippen LogP contribution in [0.25, 0.3) is 0 Å². The van der Waals surface area contributed by atoms with Gasteiger partial charge in [0.05, 0.1) is 13.2 Å². The van der Waals surface area contributed by atoms with Gasteiger partial charge in [0, 0.05) is 19.7 Å². The smallest absolute Gasteiger partial charge is 0.387 e. The van der Waals surface area contributed by atoms with Gasteiger partial charge in [0.15, 0.2) is 5.96 Å². The van der Waals surface area contributed by atoms with E-state index in [9.17, 15) is 8.78 Å². The summed E-state index contributed by atoms with van der Waals surface area (Å²) in [5.41, 5.74) is 0.787. The van der Waals surface area contributed by atoms with Crippen molar-refractivity contribution in [3.05, 3.63) is 29.8 Å². The van der Waals surface area contributed by atoms with Crippen LogP contribution in [0.4, 0.5) is 8.78 Å². The molecule has 1 aromatic rings. The van der Waals surface area contributed by atoms with Crippen LogP contribution in [0.15, 0.2) is 29.3 Å². The van der Waals surface area contributed by atoms with Crippen molar-refractivity contribution in [3.8, 4) is 5.75 Å². The molecule has 0 aliphatic heterocycles. The number of rotatable bonds is 8. The third-order valence-corrected chi connectivity index (χ3v) is 2.69. The number of methoxy groups -OCH3 is 1. The molecule has 1 rings (SSSR count). The minimum atomic E-state index is -2.83. The van der Waals surface area contributed by atoms with Crippen LogP contribution in [0.1, 0.15) is 19.4 Å². The lowest BCUT2D eigenvalue weighted by Crippen LogP contribution is -2.43. The van der Waals surface area contributed by atoms with Crippen LogP contribution in [0, 0.1) is 0 Å². The summed E-state index contributed by atoms with van der Waals surface area (Å²) in [6.45, 7) is 2.76. The maximum Gasteiger partial charge on any atom is 0.387 e. The predicted molar refractivity (Wildman–Crippen MR) is 97.8 cm³/mol. The first-order valence-electron chi connectivity index (χ1n) is 7.12. The van der Waals surface area contributed by atoms with Gasteiger partial charge in [-0.2, -0.15) is 8.78 Å². The number of nitrogens with zero attached hydrogens (tertiary/aromatic N) is 1. The summed E-state index contributed by atoms with van der Waals surface area (Å²) in [5.74, 6) is 0.778. The van der Waals surface area contributed by atoms with E-state index in [0.29, 0.717) is 19.1 Å². The summed E-state index contributed by atoms with van der Waals surface area (Å²) in [5, 5.41) is 6.32. The van der Waals surface area contributed by atoms with Crippen molar-refractivity contribution in [1.82, 2.24) is 10.6 Å². The maximum absolute atomic E-state index is 12.2. The molecule has 0 bridgehead atoms. The first kappa shape index (κ1) is 21.8. The molecule has 0 amide bonds. The molecular formula is C15H24F2IN3O2. The predicted octanol–water partition coefficient (Wildman–Crippen LogP) is 3.00. The minimum Gasteiger partial charge on any atom is -0.435 e. The molecular weight excluding hydrogens is 419 g/mol. The van der Waals surface area contributed by atoms with Crippen molar-refractivity contribution in [1.29, 1.82) is 0 Å². The van der Waals surface area contributed by atoms with Gasteiger partial charge in [0.25, 0.3) is 0 Å². The number of hydrogen-bond donors (Lipinski definition) is 2. The van der Waals surface area contributed by atoms with Crippen molar-refractivity contribution < 1.29 is 18.3 Å². The highest BCUT2D eigenvalue weighted by Gasteiger charge is 2.06. The second-order valence-electron chi connectivity index (χ2n) is 4.72. The third kappa shape index (κ3) is 9.54. The van der Waals surface area contributed by atoms with Crippen LogP contribution >= 0.6 is 24.0 Å². The van der Waals surface area contributed by atoms with Gasteiger partial charge in [0.2, 0.25) is 0 Å². The summed E-state index contributed by atoms with van der Waals surface area (Å²) in [4.78, 5) is 4.42. The van der Waals surface area contributed by atoms with Crippen LogP contribution in [0.2, 0.25) is 0 Å². The largest absolute Gasteiger partial charge is 0.435 e. The first-order valence-corrected chi connectivity index (χ1v) is 7.12. The first-order chi connectivity index (χ1) is 10.5. The Morgan fingerprint density at radius 2 is 2.09 bits per heavy atom. The zero-order valence-electron chi connectivity index (χ0n) is 13.5. The Labute approximate surface area is 152 Å². The Morgan fingerprint density at radius 3 is 2.70 bits per heavy atom. The van der Waals surface area contributed by atoms with Gasteiger partial charge < -0.3 is 20.1 Å². The fourth-order valence-electron chi connectivity index (χ4n) is 1.84. The zero-order chi connectivity index (χ0) is 16.4. The van der Waals surface area contributed by atoms with Gasteiger partial charge in [-0.05, 0) is 31.5 Å². The van der Waals surface area contributed by atoms with Crippen LogP contribution in [-0.2, 0) is 11.3 Å². The fraction of sp³-hybridized carbons (Fsp3) is 0.533. The molecule has 0 saturated heterocycles. The number of benzene rings is 1. The molecule has 2 N–H and O–H groups in total. The second-order valence-corrected chi connectivity index (χ2v) is 4.72. The summed E-state index contributed by atoms with van der Waals surface area (Å²) in [7, 11) is 1.64. The lowest BCUT2D eigenvalue weighted by atomic mass is 10.2. The van der Waals surface area contributed by atoms with Crippen LogP contribution in [0.3, 0.4) is 0 Å². The molecule has 1 aromatic carbocycles. The van der Waals surface area contributed by atoms with E-state index in [4.69, 9.17) is 4.74 Å². The van der Waals surface area contributed by atoms with Crippen LogP contribution in [0.5, 0.6) is 5.75 Å². The Morgan fingerprint density at radius 1 is 1.35 bits per heavy atom. The van der Waals surface area contributed by atoms with E-state index in [1.54, 1.807) is 19.2 Å². The van der Waals surface area contributed by atoms with E-state index in [-0.39, 0.29) is 35.8 Å². The standard InChI is InChI=1S/C15H23F2N3O2.HI/c1-4-18-15(20-11(2)10-21-3)19-9-12-6-5-7-13(8-12)22-14(16)17;/h5-8,11,14H,4,9-10H2,1-3H3,(H2,18,19,20);1H. The topological polar surface area (TPSA) is 54.9 Å². The molecule has 0 aliphatic carbocycles. The van der Waals surface area contributed by atoms with Crippen LogP contribution in [-0.4, -0.2) is 38.9 Å². The molecule has 8 heteroatoms. The summed E-state index contributed by atoms with van der Waals surface area (Å²) in [6.07, 6.45) is 0. The van der Waals surface area contributed by atoms with E-state index in [2.05, 4.69) is 20.4 Å². The number of nitrogens with one attached hydrogen (secondary N) is 2. The lowest BCUT2D eigenvalue weighted by Gasteiger charge is -2.17. The molecule has 1 unspecified atom stereocenters. The van der Waals surface area contributed by atoms with Crippen molar-refractivity contribution in [2.45, 2.75) is 33.0 Å². The fourth-order valence-corrected chi connectivity index (χ4v) is 1.84. The molecule has 0 spiro atoms. The number of ether oxygens (including phenoxy) is 2. The van der Waals surface area contributed by atoms with Gasteiger partial charge in [-0.15, -0.1) is 24.0 Å². The molecule has 1 atom stereocenters. The summed E-state index contributed by atoms with van der Waals surface area (Å²) >= 11 is 0. The highest BCUT2D eigenvalue weighted by atomic mass is 127. The molecule has 0 heterocycles. The Kier molecular flexibility index (Phi) is 11.7. The Balaban J connectivity index is 0.00000484. The van der Waals surface area contributed by atoms with Crippen molar-refractivity contribution in [2.75, 3.05) is 20.3 Å². The molecule has 0 aliphatic rings. The molecule has 0 saturated carbocycles. The molecule has 5 nitrogen and oxygen atoms in total. The highest BCUT2D eigenvalue weighted by molar-refractivity contribution is 14.0. The Bertz CT molecular complexity index is 476. The molecule has 0 aromatic heterocycles. The van der Waals surface area contributed by atoms with E-state index < -0.39 is 6.61 Å². The van der Waals surface area contributed by atoms with Gasteiger partial charge in [-0.1, -0.05) is 12.1 Å². The molecule has 0 fully saturated rings. The number of halogens is 3. The summed E-state index contributed by atoms with van der Waals surface area (Å²) in [6, 6.07) is 6.62. The highest BCUT2D eigenvalue weighted by Crippen LogP contribution is 2.16. The normalized spacial score (nSPS) is 12.5. The second kappa shape index (κ2) is 12.3. The third-order valence-electron chi connectivity index (χ3n) is 2.69. The number of alkyl halides is 2. The average Bonchev–Trinajstić information content (AvgIpc) is 2.45. The van der Waals surface area contributed by atoms with E-state index in [1.807, 2.05) is 19.9 Å². The maximum atomic E-state index is 12.2. The van der Waals surface area contributed by atoms with Crippen LogP contribution < -0.4 is 15.4 Å². The number of aliphatic imine (C=N–C) groups is 1. The number of hydrogen-bond acceptors (Lipinski definition) is 3. The molecule has 0 radical (unpaired) electrons. The van der Waals surface area contributed by atoms with Gasteiger partial charge in [-0.3, -0.25) is 0 Å². The Hall–Kier alpha value is -1.16. The van der Waals surface area contributed by atoms with Crippen molar-refractivity contribution in [3.63, 3.8) is 0 Å². The lowest BCUT2D eigenvalue weighted by molar-refractivity contribution is -0.0498. The quantitative estimate of drug-likeness (QED) is 0.369. The van der Waals surface area contributed by atoms with E-state index in [1.165, 1.54) is 6.07 Å². The summed E-state index contributed by atoms with van der Waals surface area (Å²) < 4.78 is 33.8. The zero-order valence-corrected chi connectivity index (χ0v) is 15.8. The van der Waals surface area contributed by atoms with Gasteiger partial charge in [0.1, 0.15) is 5.75 Å². The average molecular weight is 443 g/mol. The van der Waals surface area contributed by atoms with Gasteiger partial charge in [-0.25, -0.2) is 4.99 Å². The van der Waals surface area contributed by atoms with Crippen molar-refractivity contribution >= 4 is 29.9 Å². The van der Waals surface area contributed by atoms with E-state index in [0.717, 1.165) is 12.1 Å². The van der Waals surface area contributed by atoms with Crippen molar-refractivity contribution in [2.24, 2.45) is 4.99 Å². The SMILES string of the molecule is CCNC(=NCc1cccc(OC(F)F)c1)NC(C)COC.I. The van der Waals surface area contributed by atoms with Gasteiger partial charge >= 0.3 is 6.61 Å². The number of guanidine groups is 1. The monoisotopic (exact) mass is 443 g/mol. The molecule has 132 valence electrons. The minimum absolute atomic E-state index is 0.